The number of hydrogen-bond donors (Lipinski definition) is 9. The van der Waals surface area contributed by atoms with Crippen LogP contribution in [0.3, 0.4) is 0 Å². The smallest absolute Gasteiger partial charge is 0.317 e. The minimum atomic E-state index is -2.51. The number of aromatic nitrogens is 2. The number of rotatable bonds is 14. The van der Waals surface area contributed by atoms with Crippen molar-refractivity contribution < 1.29 is 73.4 Å². The summed E-state index contributed by atoms with van der Waals surface area (Å²) in [6.07, 6.45) is -9.83. The van der Waals surface area contributed by atoms with Crippen LogP contribution in [0.15, 0.2) is 67.0 Å². The van der Waals surface area contributed by atoms with Crippen LogP contribution in [-0.2, 0) is 38.6 Å². The van der Waals surface area contributed by atoms with Gasteiger partial charge in [-0.1, -0.05) is 48.2 Å². The Kier molecular flexibility index (Phi) is 11.9. The second kappa shape index (κ2) is 17.6. The first-order valence-corrected chi connectivity index (χ1v) is 20.9. The molecule has 11 N–H and O–H groups in total. The highest BCUT2D eigenvalue weighted by atomic mass is 16.7. The van der Waals surface area contributed by atoms with E-state index in [1.54, 1.807) is 18.3 Å². The number of carboxylic acids is 1. The SMILES string of the molecule is COc1ccc2c(c1OCCO)OC1c3c(cc4c(c3Cn3cc5cc[nH]c5c3CO)C#CCC3(O)C(O)C(O)C(O4)OC3C(OC(=O)CC(=O)O)C(N)N)OC(Cc3ccccc3)C21. The van der Waals surface area contributed by atoms with Crippen LogP contribution in [-0.4, -0.2) is 121 Å². The van der Waals surface area contributed by atoms with Crippen LogP contribution in [0, 0.1) is 11.8 Å². The van der Waals surface area contributed by atoms with Gasteiger partial charge in [-0.2, -0.15) is 0 Å². The molecule has 0 amide bonds. The Morgan fingerprint density at radius 2 is 1.86 bits per heavy atom. The van der Waals surface area contributed by atoms with Crippen molar-refractivity contribution in [2.75, 3.05) is 20.3 Å². The van der Waals surface area contributed by atoms with E-state index in [0.29, 0.717) is 51.8 Å². The minimum Gasteiger partial charge on any atom is -0.493 e. The summed E-state index contributed by atoms with van der Waals surface area (Å²) in [5.41, 5.74) is 13.9. The van der Waals surface area contributed by atoms with Crippen molar-refractivity contribution in [1.29, 1.82) is 0 Å². The molecule has 5 aliphatic heterocycles. The lowest BCUT2D eigenvalue weighted by atomic mass is 9.78. The molecule has 0 saturated carbocycles. The molecular weight excluding hydrogens is 849 g/mol. The number of esters is 1. The topological polar surface area (TPSA) is 293 Å². The van der Waals surface area contributed by atoms with E-state index in [-0.39, 0.29) is 37.7 Å². The second-order valence-corrected chi connectivity index (χ2v) is 16.4. The first-order chi connectivity index (χ1) is 31.3. The van der Waals surface area contributed by atoms with E-state index in [1.807, 2.05) is 53.2 Å². The number of nitrogens with two attached hydrogens (primary N) is 2. The molecule has 19 heteroatoms. The van der Waals surface area contributed by atoms with Gasteiger partial charge in [0, 0.05) is 59.9 Å². The van der Waals surface area contributed by atoms with Gasteiger partial charge in [-0.3, -0.25) is 9.59 Å². The number of fused-ring (bicyclic) bond motifs is 9. The molecule has 5 aromatic rings. The molecule has 342 valence electrons. The number of aliphatic hydroxyl groups is 5. The van der Waals surface area contributed by atoms with Crippen molar-refractivity contribution in [3.05, 3.63) is 101 Å². The molecule has 7 heterocycles. The number of H-pyrrole nitrogens is 1. The fourth-order valence-electron chi connectivity index (χ4n) is 9.43. The summed E-state index contributed by atoms with van der Waals surface area (Å²) in [6, 6.07) is 16.9. The van der Waals surface area contributed by atoms with E-state index in [0.717, 1.165) is 16.5 Å². The van der Waals surface area contributed by atoms with Gasteiger partial charge >= 0.3 is 11.9 Å². The van der Waals surface area contributed by atoms with Gasteiger partial charge in [0.2, 0.25) is 12.0 Å². The van der Waals surface area contributed by atoms with Gasteiger partial charge in [0.1, 0.15) is 60.6 Å². The van der Waals surface area contributed by atoms with Gasteiger partial charge < -0.3 is 84.8 Å². The minimum absolute atomic E-state index is 0.0226. The van der Waals surface area contributed by atoms with Crippen LogP contribution in [0.25, 0.3) is 10.9 Å². The van der Waals surface area contributed by atoms with Crippen molar-refractivity contribution in [2.45, 2.75) is 93.0 Å². The number of aromatic amines is 1. The molecule has 19 nitrogen and oxygen atoms in total. The highest BCUT2D eigenvalue weighted by Crippen LogP contribution is 2.60. The molecule has 2 aromatic heterocycles. The molecule has 5 aliphatic rings. The fourth-order valence-corrected chi connectivity index (χ4v) is 9.43. The maximum Gasteiger partial charge on any atom is 0.317 e. The summed E-state index contributed by atoms with van der Waals surface area (Å²) >= 11 is 0. The molecule has 9 atom stereocenters. The normalized spacial score (nSPS) is 25.4. The van der Waals surface area contributed by atoms with E-state index < -0.39 is 85.4 Å². The van der Waals surface area contributed by atoms with E-state index in [9.17, 15) is 40.2 Å². The number of nitrogens with one attached hydrogen (secondary N) is 1. The van der Waals surface area contributed by atoms with Gasteiger partial charge in [-0.05, 0) is 17.7 Å². The number of aliphatic hydroxyl groups excluding tert-OH is 4. The summed E-state index contributed by atoms with van der Waals surface area (Å²) < 4.78 is 45.6. The zero-order valence-corrected chi connectivity index (χ0v) is 35.0. The molecule has 0 aliphatic carbocycles. The molecule has 1 fully saturated rings. The Hall–Kier alpha value is -6.34. The first-order valence-electron chi connectivity index (χ1n) is 20.9. The van der Waals surface area contributed by atoms with Gasteiger partial charge in [0.25, 0.3) is 0 Å². The third-order valence-electron chi connectivity index (χ3n) is 12.4. The van der Waals surface area contributed by atoms with Crippen molar-refractivity contribution in [3.63, 3.8) is 0 Å². The lowest BCUT2D eigenvalue weighted by molar-refractivity contribution is -0.324. The van der Waals surface area contributed by atoms with Gasteiger partial charge in [0.05, 0.1) is 49.2 Å². The summed E-state index contributed by atoms with van der Waals surface area (Å²) in [7, 11) is 1.50. The highest BCUT2D eigenvalue weighted by Gasteiger charge is 2.60. The zero-order chi connectivity index (χ0) is 45.7. The van der Waals surface area contributed by atoms with E-state index >= 15 is 0 Å². The van der Waals surface area contributed by atoms with Gasteiger partial charge in [0.15, 0.2) is 17.6 Å². The number of aliphatic carboxylic acids is 1. The van der Waals surface area contributed by atoms with Crippen LogP contribution in [0.1, 0.15) is 58.4 Å². The lowest BCUT2D eigenvalue weighted by Gasteiger charge is -2.50. The Morgan fingerprint density at radius 1 is 1.06 bits per heavy atom. The Bertz CT molecular complexity index is 2670. The molecule has 65 heavy (non-hydrogen) atoms. The summed E-state index contributed by atoms with van der Waals surface area (Å²) in [6.45, 7) is -0.588. The Morgan fingerprint density at radius 3 is 2.58 bits per heavy atom. The molecule has 0 radical (unpaired) electrons. The largest absolute Gasteiger partial charge is 0.493 e. The van der Waals surface area contributed by atoms with Gasteiger partial charge in [-0.15, -0.1) is 0 Å². The number of methoxy groups -OCH3 is 1. The van der Waals surface area contributed by atoms with Crippen molar-refractivity contribution in [2.24, 2.45) is 11.5 Å². The average Bonchev–Trinajstić information content (AvgIpc) is 3.99. The number of carbonyl (C=O) groups excluding carboxylic acids is 1. The predicted molar refractivity (Wildman–Crippen MR) is 226 cm³/mol. The number of carbonyl (C=O) groups is 2. The number of carboxylic acid groups (broad SMARTS) is 1. The average molecular weight is 897 g/mol. The quantitative estimate of drug-likeness (QED) is 0.0326. The van der Waals surface area contributed by atoms with Crippen molar-refractivity contribution in [1.82, 2.24) is 9.55 Å². The molecule has 9 unspecified atom stereocenters. The molecule has 1 saturated heterocycles. The number of hydrogen-bond acceptors (Lipinski definition) is 16. The number of benzene rings is 3. The Balaban J connectivity index is 1.24. The standard InChI is InChI=1S/C46H48N4O15/c1-59-28-10-9-25-34-30(16-22-6-3-2-4-7-22)61-31-17-29-24(8-5-12-46(58)42(57)37(56)45(62-29)65-43(46)41(44(47)48)63-33(55)18-32(53)54)26(20-50-19-23-11-13-49-36(23)27(50)21-52)35(31)40(34)64-38(25)39(28)60-15-14-51/h2-4,6-7,9-11,13,17,19,30,34,37,40-45,49,51-52,56-58H,12,14-16,18,20-21,47-48H2,1H3,(H,53,54). The fraction of sp³-hybridized carbons (Fsp3) is 0.391. The van der Waals surface area contributed by atoms with E-state index in [1.165, 1.54) is 7.11 Å². The number of ether oxygens (including phenoxy) is 7. The zero-order valence-electron chi connectivity index (χ0n) is 35.0. The number of nitrogens with zero attached hydrogens (tertiary/aromatic N) is 1. The maximum atomic E-state index is 12.6. The monoisotopic (exact) mass is 896 g/mol. The molecule has 10 rings (SSSR count). The molecule has 0 spiro atoms. The van der Waals surface area contributed by atoms with Crippen LogP contribution in [0.2, 0.25) is 0 Å². The summed E-state index contributed by atoms with van der Waals surface area (Å²) in [5.74, 6) is 4.28. The second-order valence-electron chi connectivity index (χ2n) is 16.4. The third-order valence-corrected chi connectivity index (χ3v) is 12.4. The van der Waals surface area contributed by atoms with Crippen LogP contribution in [0.5, 0.6) is 28.7 Å². The van der Waals surface area contributed by atoms with Crippen LogP contribution < -0.4 is 35.2 Å². The van der Waals surface area contributed by atoms with Gasteiger partial charge in [-0.25, -0.2) is 0 Å². The lowest BCUT2D eigenvalue weighted by Crippen LogP contribution is -2.72. The third kappa shape index (κ3) is 7.77. The van der Waals surface area contributed by atoms with E-state index in [4.69, 9.17) is 44.6 Å². The maximum absolute atomic E-state index is 12.6. The molecule has 3 aromatic carbocycles. The predicted octanol–water partition coefficient (Wildman–Crippen LogP) is 1.05. The first kappa shape index (κ1) is 43.9. The van der Waals surface area contributed by atoms with Crippen LogP contribution in [0.4, 0.5) is 0 Å². The summed E-state index contributed by atoms with van der Waals surface area (Å²) in [4.78, 5) is 27.1. The van der Waals surface area contributed by atoms with E-state index in [2.05, 4.69) is 16.8 Å². The molecular formula is C46H48N4O15. The van der Waals surface area contributed by atoms with Crippen LogP contribution >= 0.6 is 0 Å². The highest BCUT2D eigenvalue weighted by molar-refractivity contribution is 5.90. The van der Waals surface area contributed by atoms with Crippen molar-refractivity contribution >= 4 is 22.8 Å². The van der Waals surface area contributed by atoms with Crippen molar-refractivity contribution in [3.8, 4) is 40.6 Å². The Labute approximate surface area is 370 Å². The molecule has 2 bridgehead atoms. The summed E-state index contributed by atoms with van der Waals surface area (Å²) in [5, 5.41) is 65.9.